The van der Waals surface area contributed by atoms with E-state index in [9.17, 15) is 18.5 Å². The number of nitro groups is 1. The predicted octanol–water partition coefficient (Wildman–Crippen LogP) is 3.16. The summed E-state index contributed by atoms with van der Waals surface area (Å²) in [7, 11) is -2.98. The third-order valence-electron chi connectivity index (χ3n) is 5.26. The zero-order chi connectivity index (χ0) is 26.5. The highest BCUT2D eigenvalue weighted by Crippen LogP contribution is 2.29. The number of halogens is 1. The van der Waals surface area contributed by atoms with Gasteiger partial charge in [-0.2, -0.15) is 10.1 Å². The zero-order valence-corrected chi connectivity index (χ0v) is 21.2. The molecule has 0 aliphatic carbocycles. The molecule has 1 aliphatic heterocycles. The van der Waals surface area contributed by atoms with Gasteiger partial charge in [0.25, 0.3) is 0 Å². The standard InChI is InChI=1S/C12H13ClN4.C10H13N3O5S/c1-2-9-10(11(14)17-12(15)16-9)7-3-5-8(13)6-4-7;1-8-7-19(16,17)5-4-12(8)11-6-9-2-3-10(18-9)13(14)15/h3-6H,2H2,1H3,(H4,14,15,16,17);2-3,6,8H,4-5,7H2,1H3/b;11-6+. The van der Waals surface area contributed by atoms with Gasteiger partial charge in [-0.25, -0.2) is 13.4 Å². The maximum Gasteiger partial charge on any atom is 0.433 e. The number of furan rings is 1. The van der Waals surface area contributed by atoms with Gasteiger partial charge in [0.05, 0.1) is 42.1 Å². The number of nitrogen functional groups attached to an aromatic ring is 2. The first kappa shape index (κ1) is 26.9. The van der Waals surface area contributed by atoms with Crippen molar-refractivity contribution in [2.24, 2.45) is 5.10 Å². The van der Waals surface area contributed by atoms with Crippen molar-refractivity contribution in [1.29, 1.82) is 0 Å². The molecule has 1 unspecified atom stereocenters. The summed E-state index contributed by atoms with van der Waals surface area (Å²) >= 11 is 5.86. The SMILES string of the molecule is CC1CS(=O)(=O)CCN1/N=C/c1ccc([N+](=O)[O-])o1.CCc1nc(N)nc(N)c1-c1ccc(Cl)cc1. The van der Waals surface area contributed by atoms with Crippen LogP contribution < -0.4 is 11.5 Å². The Morgan fingerprint density at radius 1 is 1.25 bits per heavy atom. The van der Waals surface area contributed by atoms with Crippen LogP contribution in [0.15, 0.2) is 45.9 Å². The van der Waals surface area contributed by atoms with Gasteiger partial charge in [0.1, 0.15) is 10.7 Å². The number of hydrazone groups is 1. The molecular formula is C22H26ClN7O5S. The van der Waals surface area contributed by atoms with Crippen molar-refractivity contribution in [3.05, 3.63) is 63.0 Å². The summed E-state index contributed by atoms with van der Waals surface area (Å²) < 4.78 is 27.7. The van der Waals surface area contributed by atoms with Gasteiger partial charge in [-0.3, -0.25) is 15.1 Å². The molecule has 1 atom stereocenters. The molecule has 3 heterocycles. The normalized spacial score (nSPS) is 17.0. The molecule has 192 valence electrons. The van der Waals surface area contributed by atoms with Crippen molar-refractivity contribution < 1.29 is 17.8 Å². The second-order valence-electron chi connectivity index (χ2n) is 7.95. The van der Waals surface area contributed by atoms with Crippen LogP contribution in [-0.2, 0) is 16.3 Å². The molecule has 1 aliphatic rings. The van der Waals surface area contributed by atoms with Crippen molar-refractivity contribution in [2.75, 3.05) is 29.5 Å². The van der Waals surface area contributed by atoms with Gasteiger partial charge >= 0.3 is 5.88 Å². The fourth-order valence-electron chi connectivity index (χ4n) is 3.54. The molecule has 2 aromatic heterocycles. The minimum Gasteiger partial charge on any atom is -0.400 e. The van der Waals surface area contributed by atoms with E-state index in [0.29, 0.717) is 17.4 Å². The second-order valence-corrected chi connectivity index (χ2v) is 10.6. The number of nitrogens with two attached hydrogens (primary N) is 2. The van der Waals surface area contributed by atoms with E-state index in [0.717, 1.165) is 23.2 Å². The van der Waals surface area contributed by atoms with E-state index < -0.39 is 14.8 Å². The largest absolute Gasteiger partial charge is 0.433 e. The lowest BCUT2D eigenvalue weighted by Crippen LogP contribution is -2.43. The Labute approximate surface area is 213 Å². The van der Waals surface area contributed by atoms with E-state index >= 15 is 0 Å². The topological polar surface area (TPSA) is 184 Å². The molecule has 12 nitrogen and oxygen atoms in total. The number of nitrogens with zero attached hydrogens (tertiary/aromatic N) is 5. The molecule has 14 heteroatoms. The molecule has 1 fully saturated rings. The molecule has 4 N–H and O–H groups in total. The second kappa shape index (κ2) is 11.4. The number of anilines is 2. The van der Waals surface area contributed by atoms with Crippen LogP contribution in [0.1, 0.15) is 25.3 Å². The number of hydrogen-bond acceptors (Lipinski definition) is 11. The van der Waals surface area contributed by atoms with Crippen LogP contribution in [0, 0.1) is 10.1 Å². The number of benzene rings is 1. The lowest BCUT2D eigenvalue weighted by atomic mass is 10.0. The lowest BCUT2D eigenvalue weighted by molar-refractivity contribution is -0.402. The van der Waals surface area contributed by atoms with Crippen LogP contribution in [-0.4, -0.2) is 58.6 Å². The highest BCUT2D eigenvalue weighted by atomic mass is 35.5. The monoisotopic (exact) mass is 535 g/mol. The maximum absolute atomic E-state index is 11.4. The number of hydrogen-bond donors (Lipinski definition) is 2. The summed E-state index contributed by atoms with van der Waals surface area (Å²) in [5.41, 5.74) is 14.1. The Bertz CT molecular complexity index is 1360. The Balaban J connectivity index is 0.000000202. The van der Waals surface area contributed by atoms with E-state index in [1.54, 1.807) is 11.9 Å². The van der Waals surface area contributed by atoms with Crippen LogP contribution >= 0.6 is 11.6 Å². The van der Waals surface area contributed by atoms with Gasteiger partial charge in [-0.05, 0) is 37.1 Å². The number of rotatable bonds is 5. The van der Waals surface area contributed by atoms with E-state index in [1.807, 2.05) is 31.2 Å². The van der Waals surface area contributed by atoms with Crippen molar-refractivity contribution >= 4 is 45.3 Å². The van der Waals surface area contributed by atoms with E-state index in [2.05, 4.69) is 15.1 Å². The van der Waals surface area contributed by atoms with Crippen LogP contribution in [0.3, 0.4) is 0 Å². The molecule has 0 spiro atoms. The minimum absolute atomic E-state index is 0.0582. The van der Waals surface area contributed by atoms with E-state index in [4.69, 9.17) is 27.5 Å². The summed E-state index contributed by atoms with van der Waals surface area (Å²) in [4.78, 5) is 18.0. The summed E-state index contributed by atoms with van der Waals surface area (Å²) in [5, 5.41) is 16.9. The molecule has 1 saturated heterocycles. The first-order valence-electron chi connectivity index (χ1n) is 10.9. The Morgan fingerprint density at radius 2 is 1.94 bits per heavy atom. The molecule has 0 amide bonds. The van der Waals surface area contributed by atoms with Crippen LogP contribution in [0.25, 0.3) is 11.1 Å². The van der Waals surface area contributed by atoms with Gasteiger partial charge in [0.15, 0.2) is 15.6 Å². The summed E-state index contributed by atoms with van der Waals surface area (Å²) in [6.45, 7) is 4.07. The smallest absolute Gasteiger partial charge is 0.400 e. The zero-order valence-electron chi connectivity index (χ0n) is 19.7. The van der Waals surface area contributed by atoms with Crippen molar-refractivity contribution in [3.8, 4) is 11.1 Å². The summed E-state index contributed by atoms with van der Waals surface area (Å²) in [6.07, 6.45) is 2.09. The Morgan fingerprint density at radius 3 is 2.53 bits per heavy atom. The molecule has 36 heavy (non-hydrogen) atoms. The Hall–Kier alpha value is -3.71. The van der Waals surface area contributed by atoms with Crippen LogP contribution in [0.4, 0.5) is 17.7 Å². The van der Waals surface area contributed by atoms with Crippen molar-refractivity contribution in [2.45, 2.75) is 26.3 Å². The predicted molar refractivity (Wildman–Crippen MR) is 138 cm³/mol. The Kier molecular flexibility index (Phi) is 8.48. The summed E-state index contributed by atoms with van der Waals surface area (Å²) in [6, 6.07) is 9.87. The third kappa shape index (κ3) is 6.92. The molecule has 0 bridgehead atoms. The highest BCUT2D eigenvalue weighted by Gasteiger charge is 2.27. The minimum atomic E-state index is -2.98. The fourth-order valence-corrected chi connectivity index (χ4v) is 5.20. The number of aryl methyl sites for hydroxylation is 1. The molecule has 3 aromatic rings. The summed E-state index contributed by atoms with van der Waals surface area (Å²) in [5.74, 6) is 0.632. The average Bonchev–Trinajstić information content (AvgIpc) is 3.28. The molecule has 0 saturated carbocycles. The highest BCUT2D eigenvalue weighted by molar-refractivity contribution is 7.91. The van der Waals surface area contributed by atoms with Gasteiger partial charge in [-0.15, -0.1) is 0 Å². The molecule has 1 aromatic carbocycles. The van der Waals surface area contributed by atoms with E-state index in [-0.39, 0.29) is 35.1 Å². The van der Waals surface area contributed by atoms with Crippen molar-refractivity contribution in [3.63, 3.8) is 0 Å². The van der Waals surface area contributed by atoms with Gasteiger partial charge < -0.3 is 15.9 Å². The molecule has 0 radical (unpaired) electrons. The number of aromatic nitrogens is 2. The van der Waals surface area contributed by atoms with Crippen molar-refractivity contribution in [1.82, 2.24) is 15.0 Å². The number of sulfone groups is 1. The quantitative estimate of drug-likeness (QED) is 0.279. The fraction of sp³-hybridized carbons (Fsp3) is 0.318. The first-order valence-corrected chi connectivity index (χ1v) is 13.1. The van der Waals surface area contributed by atoms with Gasteiger partial charge in [0.2, 0.25) is 5.95 Å². The lowest BCUT2D eigenvalue weighted by Gasteiger charge is -2.30. The third-order valence-corrected chi connectivity index (χ3v) is 7.31. The van der Waals surface area contributed by atoms with Crippen LogP contribution in [0.5, 0.6) is 0 Å². The van der Waals surface area contributed by atoms with E-state index in [1.165, 1.54) is 18.3 Å². The molecular weight excluding hydrogens is 510 g/mol. The first-order chi connectivity index (χ1) is 17.0. The van der Waals surface area contributed by atoms with Gasteiger partial charge in [0, 0.05) is 10.6 Å². The maximum atomic E-state index is 11.4. The van der Waals surface area contributed by atoms with Gasteiger partial charge in [-0.1, -0.05) is 30.7 Å². The van der Waals surface area contributed by atoms with Crippen LogP contribution in [0.2, 0.25) is 5.02 Å². The molecule has 4 rings (SSSR count). The average molecular weight is 536 g/mol.